The Labute approximate surface area is 82.7 Å². The highest BCUT2D eigenvalue weighted by atomic mass is 19.3. The first-order valence-corrected chi connectivity index (χ1v) is 3.72. The van der Waals surface area contributed by atoms with Crippen LogP contribution in [-0.2, 0) is 0 Å². The Bertz CT molecular complexity index is 426. The van der Waals surface area contributed by atoms with Crippen LogP contribution in [0.25, 0.3) is 0 Å². The van der Waals surface area contributed by atoms with Gasteiger partial charge in [-0.3, -0.25) is 4.79 Å². The van der Waals surface area contributed by atoms with E-state index in [-0.39, 0.29) is 11.8 Å². The molecule has 0 aliphatic rings. The van der Waals surface area contributed by atoms with Gasteiger partial charge in [0.25, 0.3) is 0 Å². The maximum atomic E-state index is 13.0. The predicted octanol–water partition coefficient (Wildman–Crippen LogP) is 2.11. The fourth-order valence-corrected chi connectivity index (χ4v) is 0.988. The monoisotopic (exact) mass is 215 g/mol. The fourth-order valence-electron chi connectivity index (χ4n) is 0.988. The van der Waals surface area contributed by atoms with Gasteiger partial charge in [0.05, 0.1) is 5.56 Å². The molecule has 0 radical (unpaired) electrons. The van der Waals surface area contributed by atoms with E-state index in [0.717, 1.165) is 12.1 Å². The minimum Gasteiger partial charge on any atom is -0.433 e. The van der Waals surface area contributed by atoms with Crippen molar-refractivity contribution in [1.82, 2.24) is 0 Å². The van der Waals surface area contributed by atoms with Gasteiger partial charge in [-0.05, 0) is 12.1 Å². The van der Waals surface area contributed by atoms with Gasteiger partial charge in [-0.25, -0.2) is 4.39 Å². The Morgan fingerprint density at radius 3 is 2.60 bits per heavy atom. The summed E-state index contributed by atoms with van der Waals surface area (Å²) in [5, 5.41) is 8.50. The molecule has 0 amide bonds. The molecule has 0 bridgehead atoms. The molecule has 0 saturated carbocycles. The number of nitriles is 1. The number of rotatable bonds is 3. The van der Waals surface area contributed by atoms with E-state index in [1.54, 1.807) is 0 Å². The largest absolute Gasteiger partial charge is 0.433 e. The van der Waals surface area contributed by atoms with E-state index in [1.807, 2.05) is 0 Å². The Morgan fingerprint density at radius 2 is 2.13 bits per heavy atom. The highest BCUT2D eigenvalue weighted by molar-refractivity contribution is 5.81. The predicted molar refractivity (Wildman–Crippen MR) is 43.1 cm³/mol. The van der Waals surface area contributed by atoms with Crippen molar-refractivity contribution < 1.29 is 22.7 Å². The summed E-state index contributed by atoms with van der Waals surface area (Å²) in [6.45, 7) is -3.22. The van der Waals surface area contributed by atoms with Crippen molar-refractivity contribution in [2.45, 2.75) is 6.61 Å². The van der Waals surface area contributed by atoms with Gasteiger partial charge >= 0.3 is 6.61 Å². The second kappa shape index (κ2) is 4.46. The van der Waals surface area contributed by atoms with Crippen molar-refractivity contribution in [2.75, 3.05) is 0 Å². The van der Waals surface area contributed by atoms with Gasteiger partial charge in [-0.15, -0.1) is 0 Å². The molecule has 0 aliphatic heterocycles. The number of alkyl halides is 2. The van der Waals surface area contributed by atoms with Crippen molar-refractivity contribution in [2.24, 2.45) is 0 Å². The molecule has 6 heteroatoms. The van der Waals surface area contributed by atoms with Gasteiger partial charge in [0.1, 0.15) is 17.4 Å². The average molecular weight is 215 g/mol. The number of nitrogens with zero attached hydrogens (tertiary/aromatic N) is 1. The lowest BCUT2D eigenvalue weighted by atomic mass is 10.1. The van der Waals surface area contributed by atoms with Gasteiger partial charge < -0.3 is 4.74 Å². The molecule has 78 valence electrons. The minimum atomic E-state index is -3.22. The highest BCUT2D eigenvalue weighted by Gasteiger charge is 2.17. The normalized spacial score (nSPS) is 9.80. The molecule has 0 unspecified atom stereocenters. The Morgan fingerprint density at radius 1 is 1.47 bits per heavy atom. The topological polar surface area (TPSA) is 50.1 Å². The minimum absolute atomic E-state index is 0.206. The summed E-state index contributed by atoms with van der Waals surface area (Å²) in [7, 11) is 0. The summed E-state index contributed by atoms with van der Waals surface area (Å²) < 4.78 is 40.7. The van der Waals surface area contributed by atoms with Crippen LogP contribution in [0.4, 0.5) is 13.2 Å². The summed E-state index contributed by atoms with van der Waals surface area (Å²) >= 11 is 0. The lowest BCUT2D eigenvalue weighted by molar-refractivity contribution is -0.0504. The van der Waals surface area contributed by atoms with Crippen molar-refractivity contribution in [3.05, 3.63) is 29.1 Å². The van der Waals surface area contributed by atoms with E-state index in [4.69, 9.17) is 5.26 Å². The molecular formula is C9H4F3NO2. The number of ether oxygens (including phenoxy) is 1. The third-order valence-corrected chi connectivity index (χ3v) is 1.58. The lowest BCUT2D eigenvalue weighted by Gasteiger charge is -2.08. The van der Waals surface area contributed by atoms with Crippen molar-refractivity contribution >= 4 is 6.29 Å². The lowest BCUT2D eigenvalue weighted by Crippen LogP contribution is -2.07. The SMILES string of the molecule is N#Cc1c(F)ccc(C=O)c1OC(F)F. The van der Waals surface area contributed by atoms with Crippen LogP contribution in [0.15, 0.2) is 12.1 Å². The second-order valence-corrected chi connectivity index (χ2v) is 2.45. The quantitative estimate of drug-likeness (QED) is 0.725. The van der Waals surface area contributed by atoms with Crippen molar-refractivity contribution in [3.8, 4) is 11.8 Å². The summed E-state index contributed by atoms with van der Waals surface area (Å²) in [6.07, 6.45) is 0.206. The molecule has 1 aromatic rings. The molecule has 0 spiro atoms. The highest BCUT2D eigenvalue weighted by Crippen LogP contribution is 2.26. The summed E-state index contributed by atoms with van der Waals surface area (Å²) in [5.41, 5.74) is -1.01. The third-order valence-electron chi connectivity index (χ3n) is 1.58. The van der Waals surface area contributed by atoms with Gasteiger partial charge in [-0.1, -0.05) is 0 Å². The average Bonchev–Trinajstić information content (AvgIpc) is 2.18. The van der Waals surface area contributed by atoms with E-state index in [9.17, 15) is 18.0 Å². The van der Waals surface area contributed by atoms with E-state index >= 15 is 0 Å². The third kappa shape index (κ3) is 2.26. The van der Waals surface area contributed by atoms with Crippen LogP contribution in [0.2, 0.25) is 0 Å². The molecule has 0 saturated heterocycles. The van der Waals surface area contributed by atoms with E-state index in [0.29, 0.717) is 0 Å². The van der Waals surface area contributed by atoms with Crippen LogP contribution >= 0.6 is 0 Å². The van der Waals surface area contributed by atoms with Crippen LogP contribution in [0.1, 0.15) is 15.9 Å². The van der Waals surface area contributed by atoms with Gasteiger partial charge in [0.15, 0.2) is 12.0 Å². The molecule has 0 heterocycles. The number of hydrogen-bond donors (Lipinski definition) is 0. The van der Waals surface area contributed by atoms with Crippen LogP contribution in [0, 0.1) is 17.1 Å². The van der Waals surface area contributed by atoms with E-state index in [2.05, 4.69) is 4.74 Å². The zero-order chi connectivity index (χ0) is 11.4. The number of benzene rings is 1. The smallest absolute Gasteiger partial charge is 0.387 e. The van der Waals surface area contributed by atoms with E-state index < -0.39 is 23.7 Å². The summed E-state index contributed by atoms with van der Waals surface area (Å²) in [6, 6.07) is 3.14. The van der Waals surface area contributed by atoms with Crippen LogP contribution in [0.5, 0.6) is 5.75 Å². The first-order chi connectivity index (χ1) is 7.10. The van der Waals surface area contributed by atoms with Crippen LogP contribution < -0.4 is 4.74 Å². The standard InChI is InChI=1S/C9H4F3NO2/c10-7-2-1-5(4-14)8(6(7)3-13)15-9(11)12/h1-2,4,9H. The Kier molecular flexibility index (Phi) is 3.29. The van der Waals surface area contributed by atoms with Gasteiger partial charge in [-0.2, -0.15) is 14.0 Å². The molecule has 0 aliphatic carbocycles. The zero-order valence-corrected chi connectivity index (χ0v) is 7.21. The number of carbonyl (C=O) groups is 1. The molecule has 0 atom stereocenters. The molecule has 0 N–H and O–H groups in total. The number of aldehydes is 1. The maximum Gasteiger partial charge on any atom is 0.387 e. The number of hydrogen-bond acceptors (Lipinski definition) is 3. The maximum absolute atomic E-state index is 13.0. The molecule has 15 heavy (non-hydrogen) atoms. The van der Waals surface area contributed by atoms with Gasteiger partial charge in [0, 0.05) is 0 Å². The van der Waals surface area contributed by atoms with Crippen LogP contribution in [-0.4, -0.2) is 12.9 Å². The second-order valence-electron chi connectivity index (χ2n) is 2.45. The summed E-state index contributed by atoms with van der Waals surface area (Å²) in [4.78, 5) is 10.4. The van der Waals surface area contributed by atoms with E-state index in [1.165, 1.54) is 6.07 Å². The Hall–Kier alpha value is -2.03. The van der Waals surface area contributed by atoms with Crippen molar-refractivity contribution in [1.29, 1.82) is 5.26 Å². The first-order valence-electron chi connectivity index (χ1n) is 3.72. The molecule has 1 aromatic carbocycles. The fraction of sp³-hybridized carbons (Fsp3) is 0.111. The molecule has 0 aromatic heterocycles. The first kappa shape index (κ1) is 11.0. The number of carbonyl (C=O) groups excluding carboxylic acids is 1. The molecule has 1 rings (SSSR count). The van der Waals surface area contributed by atoms with Gasteiger partial charge in [0.2, 0.25) is 0 Å². The Balaban J connectivity index is 3.35. The van der Waals surface area contributed by atoms with Crippen LogP contribution in [0.3, 0.4) is 0 Å². The zero-order valence-electron chi connectivity index (χ0n) is 7.21. The number of halogens is 3. The molecule has 3 nitrogen and oxygen atoms in total. The molecular weight excluding hydrogens is 211 g/mol. The summed E-state index contributed by atoms with van der Waals surface area (Å²) in [5.74, 6) is -1.75. The van der Waals surface area contributed by atoms with Crippen molar-refractivity contribution in [3.63, 3.8) is 0 Å². The molecule has 0 fully saturated rings.